The van der Waals surface area contributed by atoms with Crippen molar-refractivity contribution in [3.05, 3.63) is 52.5 Å². The van der Waals surface area contributed by atoms with Crippen LogP contribution in [0.4, 0.5) is 0 Å². The minimum atomic E-state index is 0.0262. The molecule has 2 heterocycles. The molecule has 0 amide bonds. The van der Waals surface area contributed by atoms with Crippen molar-refractivity contribution in [2.24, 2.45) is 0 Å². The molecule has 0 aliphatic carbocycles. The predicted molar refractivity (Wildman–Crippen MR) is 60.9 cm³/mol. The van der Waals surface area contributed by atoms with Gasteiger partial charge in [0, 0.05) is 12.4 Å². The summed E-state index contributed by atoms with van der Waals surface area (Å²) in [5.41, 5.74) is 2.37. The minimum Gasteiger partial charge on any atom is -0.264 e. The molecule has 1 atom stereocenters. The summed E-state index contributed by atoms with van der Waals surface area (Å²) in [7, 11) is 0. The van der Waals surface area contributed by atoms with Crippen LogP contribution >= 0.6 is 22.9 Å². The van der Waals surface area contributed by atoms with Crippen molar-refractivity contribution in [2.45, 2.75) is 11.8 Å². The lowest BCUT2D eigenvalue weighted by molar-refractivity contribution is 0.915. The van der Waals surface area contributed by atoms with Crippen LogP contribution in [0.25, 0.3) is 0 Å². The van der Waals surface area contributed by atoms with Crippen LogP contribution in [0, 0.1) is 0 Å². The Bertz CT molecular complexity index is 371. The maximum absolute atomic E-state index is 6.26. The van der Waals surface area contributed by atoms with Crippen LogP contribution in [0.3, 0.4) is 0 Å². The second kappa shape index (κ2) is 4.58. The number of pyridine rings is 1. The second-order valence-corrected chi connectivity index (χ2v) is 4.40. The average Bonchev–Trinajstić information content (AvgIpc) is 2.72. The predicted octanol–water partition coefficient (Wildman–Crippen LogP) is 3.67. The first-order valence-electron chi connectivity index (χ1n) is 4.41. The maximum Gasteiger partial charge on any atom is 0.0640 e. The van der Waals surface area contributed by atoms with E-state index >= 15 is 0 Å². The summed E-state index contributed by atoms with van der Waals surface area (Å²) in [6.07, 6.45) is 4.46. The number of aromatic nitrogens is 1. The van der Waals surface area contributed by atoms with Crippen molar-refractivity contribution >= 4 is 22.9 Å². The van der Waals surface area contributed by atoms with Gasteiger partial charge < -0.3 is 0 Å². The topological polar surface area (TPSA) is 12.9 Å². The highest BCUT2D eigenvalue weighted by molar-refractivity contribution is 7.07. The zero-order valence-corrected chi connectivity index (χ0v) is 9.13. The summed E-state index contributed by atoms with van der Waals surface area (Å²) in [6.45, 7) is 0. The smallest absolute Gasteiger partial charge is 0.0640 e. The number of thiophene rings is 1. The van der Waals surface area contributed by atoms with Gasteiger partial charge in [0.25, 0.3) is 0 Å². The molecule has 0 aromatic carbocycles. The number of alkyl halides is 1. The van der Waals surface area contributed by atoms with Gasteiger partial charge in [-0.2, -0.15) is 11.3 Å². The Labute approximate surface area is 92.4 Å². The number of hydrogen-bond acceptors (Lipinski definition) is 2. The van der Waals surface area contributed by atoms with Crippen molar-refractivity contribution in [1.29, 1.82) is 0 Å². The zero-order valence-electron chi connectivity index (χ0n) is 7.56. The Hall–Kier alpha value is -0.860. The minimum absolute atomic E-state index is 0.0262. The van der Waals surface area contributed by atoms with Gasteiger partial charge in [0.05, 0.1) is 5.38 Å². The summed E-state index contributed by atoms with van der Waals surface area (Å²) in [5, 5.41) is 4.23. The first-order chi connectivity index (χ1) is 6.86. The highest BCUT2D eigenvalue weighted by Gasteiger charge is 2.08. The van der Waals surface area contributed by atoms with E-state index in [1.807, 2.05) is 18.3 Å². The zero-order chi connectivity index (χ0) is 9.80. The van der Waals surface area contributed by atoms with Gasteiger partial charge in [-0.3, -0.25) is 4.98 Å². The first kappa shape index (κ1) is 9.69. The van der Waals surface area contributed by atoms with Crippen LogP contribution in [0.2, 0.25) is 0 Å². The van der Waals surface area contributed by atoms with Crippen molar-refractivity contribution in [3.63, 3.8) is 0 Å². The van der Waals surface area contributed by atoms with Crippen molar-refractivity contribution in [3.8, 4) is 0 Å². The fourth-order valence-electron chi connectivity index (χ4n) is 1.29. The monoisotopic (exact) mass is 223 g/mol. The van der Waals surface area contributed by atoms with Gasteiger partial charge in [-0.25, -0.2) is 0 Å². The van der Waals surface area contributed by atoms with Gasteiger partial charge in [-0.15, -0.1) is 11.6 Å². The molecule has 2 aromatic heterocycles. The van der Waals surface area contributed by atoms with Gasteiger partial charge in [0.2, 0.25) is 0 Å². The van der Waals surface area contributed by atoms with E-state index in [0.717, 1.165) is 12.0 Å². The van der Waals surface area contributed by atoms with E-state index in [4.69, 9.17) is 11.6 Å². The molecule has 1 unspecified atom stereocenters. The molecule has 2 aromatic rings. The molecule has 72 valence electrons. The number of rotatable bonds is 3. The summed E-state index contributed by atoms with van der Waals surface area (Å²) in [6, 6.07) is 6.03. The Balaban J connectivity index is 2.07. The molecule has 0 saturated carbocycles. The fourth-order valence-corrected chi connectivity index (χ4v) is 2.28. The van der Waals surface area contributed by atoms with E-state index in [9.17, 15) is 0 Å². The molecule has 0 spiro atoms. The van der Waals surface area contributed by atoms with Crippen molar-refractivity contribution in [2.75, 3.05) is 0 Å². The normalized spacial score (nSPS) is 12.6. The Morgan fingerprint density at radius 1 is 1.43 bits per heavy atom. The van der Waals surface area contributed by atoms with E-state index in [2.05, 4.69) is 21.8 Å². The van der Waals surface area contributed by atoms with Crippen LogP contribution < -0.4 is 0 Å². The summed E-state index contributed by atoms with van der Waals surface area (Å²) < 4.78 is 0. The molecule has 0 bridgehead atoms. The average molecular weight is 224 g/mol. The van der Waals surface area contributed by atoms with Gasteiger partial charge in [0.15, 0.2) is 0 Å². The Morgan fingerprint density at radius 3 is 3.00 bits per heavy atom. The highest BCUT2D eigenvalue weighted by atomic mass is 35.5. The van der Waals surface area contributed by atoms with Gasteiger partial charge in [0.1, 0.15) is 0 Å². The molecule has 0 aliphatic rings. The largest absolute Gasteiger partial charge is 0.264 e. The second-order valence-electron chi connectivity index (χ2n) is 3.09. The van der Waals surface area contributed by atoms with Crippen LogP contribution in [0.15, 0.2) is 41.4 Å². The quantitative estimate of drug-likeness (QED) is 0.724. The lowest BCUT2D eigenvalue weighted by Crippen LogP contribution is -1.94. The molecule has 3 heteroatoms. The van der Waals surface area contributed by atoms with Crippen molar-refractivity contribution in [1.82, 2.24) is 4.98 Å². The fraction of sp³-hybridized carbons (Fsp3) is 0.182. The molecule has 0 fully saturated rings. The standard InChI is InChI=1S/C11H10ClNS/c12-11(6-9-3-5-14-8-9)10-2-1-4-13-7-10/h1-5,7-8,11H,6H2. The van der Waals surface area contributed by atoms with Crippen molar-refractivity contribution < 1.29 is 0 Å². The molecular formula is C11H10ClNS. The van der Waals surface area contributed by atoms with E-state index in [1.165, 1.54) is 5.56 Å². The lowest BCUT2D eigenvalue weighted by Gasteiger charge is -2.07. The molecule has 14 heavy (non-hydrogen) atoms. The van der Waals surface area contributed by atoms with Gasteiger partial charge >= 0.3 is 0 Å². The lowest BCUT2D eigenvalue weighted by atomic mass is 10.1. The van der Waals surface area contributed by atoms with Crippen LogP contribution in [-0.4, -0.2) is 4.98 Å². The SMILES string of the molecule is ClC(Cc1ccsc1)c1cccnc1. The molecule has 2 rings (SSSR count). The Morgan fingerprint density at radius 2 is 2.36 bits per heavy atom. The van der Waals surface area contributed by atoms with Crippen LogP contribution in [0.5, 0.6) is 0 Å². The maximum atomic E-state index is 6.26. The molecule has 1 nitrogen and oxygen atoms in total. The van der Waals surface area contributed by atoms with E-state index in [0.29, 0.717) is 0 Å². The van der Waals surface area contributed by atoms with E-state index in [1.54, 1.807) is 17.5 Å². The molecule has 0 saturated heterocycles. The van der Waals surface area contributed by atoms with Gasteiger partial charge in [-0.1, -0.05) is 6.07 Å². The third-order valence-electron chi connectivity index (χ3n) is 2.04. The molecule has 0 N–H and O–H groups in total. The first-order valence-corrected chi connectivity index (χ1v) is 5.79. The number of hydrogen-bond donors (Lipinski definition) is 0. The van der Waals surface area contributed by atoms with E-state index < -0.39 is 0 Å². The third-order valence-corrected chi connectivity index (χ3v) is 3.18. The summed E-state index contributed by atoms with van der Waals surface area (Å²) >= 11 is 7.96. The number of nitrogens with zero attached hydrogens (tertiary/aromatic N) is 1. The van der Waals surface area contributed by atoms with Gasteiger partial charge in [-0.05, 0) is 40.4 Å². The van der Waals surface area contributed by atoms with E-state index in [-0.39, 0.29) is 5.38 Å². The number of halogens is 1. The van der Waals surface area contributed by atoms with Crippen LogP contribution in [-0.2, 0) is 6.42 Å². The molecule has 0 radical (unpaired) electrons. The summed E-state index contributed by atoms with van der Waals surface area (Å²) in [5.74, 6) is 0. The third kappa shape index (κ3) is 2.34. The van der Waals surface area contributed by atoms with Crippen LogP contribution in [0.1, 0.15) is 16.5 Å². The molecular weight excluding hydrogens is 214 g/mol. The Kier molecular flexibility index (Phi) is 3.17. The highest BCUT2D eigenvalue weighted by Crippen LogP contribution is 2.24. The molecule has 0 aliphatic heterocycles. The summed E-state index contributed by atoms with van der Waals surface area (Å²) in [4.78, 5) is 4.05.